The maximum Gasteiger partial charge on any atom is 0.265 e. The molecule has 1 aliphatic rings. The van der Waals surface area contributed by atoms with Crippen LogP contribution in [0.25, 0.3) is 0 Å². The number of aryl methyl sites for hydroxylation is 1. The van der Waals surface area contributed by atoms with Crippen molar-refractivity contribution in [2.75, 3.05) is 34.9 Å². The van der Waals surface area contributed by atoms with E-state index < -0.39 is 33.0 Å². The molecule has 0 aromatic heterocycles. The van der Waals surface area contributed by atoms with Crippen LogP contribution in [0.15, 0.2) is 42.5 Å². The van der Waals surface area contributed by atoms with Crippen LogP contribution in [0.2, 0.25) is 0 Å². The molecule has 0 radical (unpaired) electrons. The lowest BCUT2D eigenvalue weighted by Crippen LogP contribution is -2.38. The first-order chi connectivity index (χ1) is 14.7. The average Bonchev–Trinajstić information content (AvgIpc) is 2.73. The Hall–Kier alpha value is -3.20. The van der Waals surface area contributed by atoms with E-state index in [-0.39, 0.29) is 18.1 Å². The van der Waals surface area contributed by atoms with Gasteiger partial charge in [-0.15, -0.1) is 0 Å². The highest BCUT2D eigenvalue weighted by Crippen LogP contribution is 2.33. The Balaban J connectivity index is 1.67. The van der Waals surface area contributed by atoms with Crippen molar-refractivity contribution >= 4 is 38.8 Å². The van der Waals surface area contributed by atoms with Gasteiger partial charge in [-0.2, -0.15) is 0 Å². The number of rotatable bonds is 8. The molecule has 2 amide bonds. The van der Waals surface area contributed by atoms with Gasteiger partial charge in [-0.3, -0.25) is 14.4 Å². The van der Waals surface area contributed by atoms with Gasteiger partial charge in [-0.05, 0) is 49.2 Å². The lowest BCUT2D eigenvalue weighted by molar-refractivity contribution is -0.121. The van der Waals surface area contributed by atoms with Crippen LogP contribution in [-0.2, 0) is 25.8 Å². The van der Waals surface area contributed by atoms with E-state index in [0.717, 1.165) is 12.0 Å². The van der Waals surface area contributed by atoms with Crippen molar-refractivity contribution in [2.24, 2.45) is 0 Å². The van der Waals surface area contributed by atoms with Gasteiger partial charge in [0.15, 0.2) is 22.2 Å². The first kappa shape index (κ1) is 22.5. The molecule has 0 unspecified atom stereocenters. The van der Waals surface area contributed by atoms with E-state index >= 15 is 0 Å². The molecule has 0 aliphatic carbocycles. The predicted octanol–water partition coefficient (Wildman–Crippen LogP) is 2.23. The normalized spacial score (nSPS) is 13.4. The molecule has 0 saturated carbocycles. The molecule has 31 heavy (non-hydrogen) atoms. The van der Waals surface area contributed by atoms with E-state index in [9.17, 15) is 22.8 Å². The maximum atomic E-state index is 12.6. The van der Waals surface area contributed by atoms with Crippen molar-refractivity contribution in [3.63, 3.8) is 0 Å². The molecule has 0 bridgehead atoms. The van der Waals surface area contributed by atoms with Gasteiger partial charge in [-0.25, -0.2) is 8.42 Å². The van der Waals surface area contributed by atoms with Gasteiger partial charge in [-0.1, -0.05) is 19.1 Å². The van der Waals surface area contributed by atoms with Crippen LogP contribution in [0.1, 0.15) is 29.8 Å². The molecule has 0 spiro atoms. The van der Waals surface area contributed by atoms with Crippen molar-refractivity contribution in [3.8, 4) is 5.75 Å². The Kier molecular flexibility index (Phi) is 6.74. The van der Waals surface area contributed by atoms with E-state index in [4.69, 9.17) is 4.74 Å². The van der Waals surface area contributed by atoms with E-state index in [1.54, 1.807) is 19.1 Å². The Labute approximate surface area is 181 Å². The molecule has 3 rings (SSSR count). The van der Waals surface area contributed by atoms with E-state index in [1.165, 1.54) is 23.1 Å². The molecule has 164 valence electrons. The van der Waals surface area contributed by atoms with Crippen molar-refractivity contribution < 1.29 is 27.5 Å². The minimum atomic E-state index is -3.99. The van der Waals surface area contributed by atoms with Crippen LogP contribution in [-0.4, -0.2) is 50.7 Å². The number of fused-ring (bicyclic) bond motifs is 1. The molecule has 8 nitrogen and oxygen atoms in total. The molecule has 2 aromatic rings. The van der Waals surface area contributed by atoms with Gasteiger partial charge in [0.05, 0.1) is 5.69 Å². The fourth-order valence-electron chi connectivity index (χ4n) is 3.28. The van der Waals surface area contributed by atoms with Gasteiger partial charge in [0.1, 0.15) is 17.3 Å². The summed E-state index contributed by atoms with van der Waals surface area (Å²) in [5.41, 5.74) is 2.14. The second-order valence-corrected chi connectivity index (χ2v) is 9.23. The number of carbonyl (C=O) groups excluding carboxylic acids is 3. The zero-order valence-corrected chi connectivity index (χ0v) is 18.2. The number of anilines is 2. The van der Waals surface area contributed by atoms with Crippen molar-refractivity contribution in [1.29, 1.82) is 0 Å². The number of carbonyl (C=O) groups is 3. The Bertz CT molecular complexity index is 1110. The summed E-state index contributed by atoms with van der Waals surface area (Å²) in [4.78, 5) is 38.2. The van der Waals surface area contributed by atoms with Crippen molar-refractivity contribution in [3.05, 3.63) is 53.6 Å². The molecular formula is C22H24N2O6S. The Morgan fingerprint density at radius 2 is 1.77 bits per heavy atom. The molecule has 0 saturated heterocycles. The minimum Gasteiger partial charge on any atom is -0.482 e. The zero-order chi connectivity index (χ0) is 22.6. The number of sulfone groups is 1. The highest BCUT2D eigenvalue weighted by molar-refractivity contribution is 7.92. The molecular weight excluding hydrogens is 420 g/mol. The minimum absolute atomic E-state index is 0.0845. The average molecular weight is 445 g/mol. The van der Waals surface area contributed by atoms with Gasteiger partial charge in [0.25, 0.3) is 5.91 Å². The summed E-state index contributed by atoms with van der Waals surface area (Å²) < 4.78 is 30.2. The highest BCUT2D eigenvalue weighted by Gasteiger charge is 2.27. The number of hydrogen-bond donors (Lipinski definition) is 1. The molecule has 9 heteroatoms. The number of nitrogens with zero attached hydrogens (tertiary/aromatic N) is 1. The van der Waals surface area contributed by atoms with Crippen LogP contribution in [0, 0.1) is 0 Å². The molecule has 2 aromatic carbocycles. The smallest absolute Gasteiger partial charge is 0.265 e. The third-order valence-corrected chi connectivity index (χ3v) is 6.29. The molecule has 1 N–H and O–H groups in total. The maximum absolute atomic E-state index is 12.6. The van der Waals surface area contributed by atoms with Crippen LogP contribution in [0.5, 0.6) is 5.75 Å². The lowest BCUT2D eigenvalue weighted by atomic mass is 10.1. The Morgan fingerprint density at radius 1 is 1.06 bits per heavy atom. The summed E-state index contributed by atoms with van der Waals surface area (Å²) in [5.74, 6) is -2.77. The standard InChI is InChI=1S/C22H24N2O6S/c1-3-15-5-8-17(9-6-15)23-21(26)14-31(28,29)13-19(25)16-7-10-20-18(11-16)24(4-2)22(27)12-30-20/h5-11H,3-4,12-14H2,1-2H3,(H,23,26). The van der Waals surface area contributed by atoms with E-state index in [0.29, 0.717) is 23.7 Å². The topological polar surface area (TPSA) is 110 Å². The van der Waals surface area contributed by atoms with Gasteiger partial charge in [0.2, 0.25) is 5.91 Å². The summed E-state index contributed by atoms with van der Waals surface area (Å²) in [6, 6.07) is 11.5. The molecule has 1 aliphatic heterocycles. The van der Waals surface area contributed by atoms with Crippen molar-refractivity contribution in [1.82, 2.24) is 0 Å². The molecule has 0 atom stereocenters. The quantitative estimate of drug-likeness (QED) is 0.626. The first-order valence-corrected chi connectivity index (χ1v) is 11.7. The first-order valence-electron chi connectivity index (χ1n) is 9.92. The fourth-order valence-corrected chi connectivity index (χ4v) is 4.42. The summed E-state index contributed by atoms with van der Waals surface area (Å²) in [6.07, 6.45) is 0.851. The van der Waals surface area contributed by atoms with E-state index in [2.05, 4.69) is 5.32 Å². The second-order valence-electron chi connectivity index (χ2n) is 7.16. The van der Waals surface area contributed by atoms with Crippen molar-refractivity contribution in [2.45, 2.75) is 20.3 Å². The fraction of sp³-hybridized carbons (Fsp3) is 0.318. The number of amides is 2. The van der Waals surface area contributed by atoms with Gasteiger partial charge in [0, 0.05) is 17.8 Å². The SMILES string of the molecule is CCc1ccc(NC(=O)CS(=O)(=O)CC(=O)c2ccc3c(c2)N(CC)C(=O)CO3)cc1. The number of Topliss-reactive ketones (excluding diaryl/α,β-unsaturated/α-hetero) is 1. The second kappa shape index (κ2) is 9.30. The largest absolute Gasteiger partial charge is 0.482 e. The van der Waals surface area contributed by atoms with Crippen LogP contribution in [0.4, 0.5) is 11.4 Å². The monoisotopic (exact) mass is 444 g/mol. The summed E-state index contributed by atoms with van der Waals surface area (Å²) >= 11 is 0. The number of ether oxygens (including phenoxy) is 1. The number of ketones is 1. The van der Waals surface area contributed by atoms with Gasteiger partial charge < -0.3 is 15.0 Å². The third kappa shape index (κ3) is 5.49. The lowest BCUT2D eigenvalue weighted by Gasteiger charge is -2.28. The Morgan fingerprint density at radius 3 is 2.42 bits per heavy atom. The van der Waals surface area contributed by atoms with E-state index in [1.807, 2.05) is 19.1 Å². The summed E-state index contributed by atoms with van der Waals surface area (Å²) in [6.45, 7) is 4.11. The summed E-state index contributed by atoms with van der Waals surface area (Å²) in [5, 5.41) is 2.53. The third-order valence-electron chi connectivity index (χ3n) is 4.89. The van der Waals surface area contributed by atoms with Crippen LogP contribution < -0.4 is 15.0 Å². The number of benzene rings is 2. The van der Waals surface area contributed by atoms with Crippen LogP contribution >= 0.6 is 0 Å². The highest BCUT2D eigenvalue weighted by atomic mass is 32.2. The van der Waals surface area contributed by atoms with Gasteiger partial charge >= 0.3 is 0 Å². The molecule has 0 fully saturated rings. The van der Waals surface area contributed by atoms with Crippen LogP contribution in [0.3, 0.4) is 0 Å². The number of hydrogen-bond acceptors (Lipinski definition) is 6. The number of likely N-dealkylation sites (N-methyl/N-ethyl adjacent to an activating group) is 1. The number of nitrogens with one attached hydrogen (secondary N) is 1. The zero-order valence-electron chi connectivity index (χ0n) is 17.4. The summed E-state index contributed by atoms with van der Waals surface area (Å²) in [7, 11) is -3.99. The molecule has 1 heterocycles. The predicted molar refractivity (Wildman–Crippen MR) is 117 cm³/mol.